The fourth-order valence-electron chi connectivity index (χ4n) is 5.47. The van der Waals surface area contributed by atoms with Gasteiger partial charge in [-0.05, 0) is 71.2 Å². The van der Waals surface area contributed by atoms with Gasteiger partial charge in [-0.15, -0.1) is 0 Å². The van der Waals surface area contributed by atoms with Gasteiger partial charge in [-0.2, -0.15) is 0 Å². The molecule has 1 amide bonds. The number of amides is 1. The van der Waals surface area contributed by atoms with Crippen molar-refractivity contribution in [3.63, 3.8) is 0 Å². The number of hydrogen-bond acceptors (Lipinski definition) is 5. The van der Waals surface area contributed by atoms with E-state index in [1.54, 1.807) is 13.3 Å². The Balaban J connectivity index is 1.41. The number of hydrogen-bond donors (Lipinski definition) is 0. The first-order valence-electron chi connectivity index (χ1n) is 14.8. The lowest BCUT2D eigenvalue weighted by atomic mass is 9.81. The second kappa shape index (κ2) is 14.1. The third kappa shape index (κ3) is 7.18. The Morgan fingerprint density at radius 3 is 2.43 bits per heavy atom. The monoisotopic (exact) mass is 564 g/mol. The Labute approximate surface area is 249 Å². The number of fused-ring (bicyclic) bond motifs is 1. The van der Waals surface area contributed by atoms with Crippen molar-refractivity contribution in [1.82, 2.24) is 4.98 Å². The van der Waals surface area contributed by atoms with Crippen molar-refractivity contribution in [3.8, 4) is 11.6 Å². The lowest BCUT2D eigenvalue weighted by Gasteiger charge is -2.32. The van der Waals surface area contributed by atoms with Crippen LogP contribution in [-0.2, 0) is 29.1 Å². The first-order valence-corrected chi connectivity index (χ1v) is 14.8. The molecule has 4 aromatic rings. The van der Waals surface area contributed by atoms with E-state index in [0.717, 1.165) is 53.0 Å². The van der Waals surface area contributed by atoms with E-state index in [0.29, 0.717) is 38.2 Å². The third-order valence-corrected chi connectivity index (χ3v) is 7.81. The molecule has 218 valence electrons. The highest BCUT2D eigenvalue weighted by atomic mass is 16.5. The van der Waals surface area contributed by atoms with Gasteiger partial charge < -0.3 is 19.1 Å². The number of benzene rings is 3. The smallest absolute Gasteiger partial charge is 0.234 e. The summed E-state index contributed by atoms with van der Waals surface area (Å²) in [7, 11) is 1.64. The zero-order chi connectivity index (χ0) is 29.3. The normalized spacial score (nSPS) is 14.3. The third-order valence-electron chi connectivity index (χ3n) is 7.81. The van der Waals surface area contributed by atoms with E-state index in [1.165, 1.54) is 5.56 Å². The molecule has 1 unspecified atom stereocenters. The number of anilines is 1. The summed E-state index contributed by atoms with van der Waals surface area (Å²) in [4.78, 5) is 20.8. The molecule has 3 aromatic carbocycles. The topological polar surface area (TPSA) is 60.9 Å². The molecule has 6 heteroatoms. The number of rotatable bonds is 12. The van der Waals surface area contributed by atoms with Gasteiger partial charge in [-0.3, -0.25) is 4.79 Å². The molecule has 0 spiro atoms. The van der Waals surface area contributed by atoms with Crippen LogP contribution in [0.15, 0.2) is 91.1 Å². The molecule has 1 aliphatic rings. The highest BCUT2D eigenvalue weighted by molar-refractivity contribution is 5.98. The average molecular weight is 565 g/mol. The van der Waals surface area contributed by atoms with Gasteiger partial charge in [-0.1, -0.05) is 74.5 Å². The maximum absolute atomic E-state index is 14.4. The average Bonchev–Trinajstić information content (AvgIpc) is 3.03. The first kappa shape index (κ1) is 29.3. The van der Waals surface area contributed by atoms with Gasteiger partial charge in [0.05, 0.1) is 19.1 Å². The van der Waals surface area contributed by atoms with Crippen LogP contribution in [0.3, 0.4) is 0 Å². The largest absolute Gasteiger partial charge is 0.489 e. The molecular weight excluding hydrogens is 524 g/mol. The van der Waals surface area contributed by atoms with Gasteiger partial charge in [0.2, 0.25) is 11.8 Å². The first-order chi connectivity index (χ1) is 20.5. The predicted octanol–water partition coefficient (Wildman–Crippen LogP) is 7.46. The van der Waals surface area contributed by atoms with Crippen LogP contribution in [0.5, 0.6) is 11.6 Å². The summed E-state index contributed by atoms with van der Waals surface area (Å²) in [5, 5.41) is 0. The Kier molecular flexibility index (Phi) is 9.88. The zero-order valence-electron chi connectivity index (χ0n) is 24.8. The van der Waals surface area contributed by atoms with Crippen LogP contribution in [0.4, 0.5) is 5.69 Å². The number of ether oxygens (including phenoxy) is 3. The van der Waals surface area contributed by atoms with E-state index in [9.17, 15) is 4.79 Å². The van der Waals surface area contributed by atoms with E-state index in [-0.39, 0.29) is 11.8 Å². The maximum Gasteiger partial charge on any atom is 0.234 e. The Morgan fingerprint density at radius 1 is 0.905 bits per heavy atom. The van der Waals surface area contributed by atoms with Crippen LogP contribution < -0.4 is 14.4 Å². The molecule has 0 aliphatic heterocycles. The molecule has 1 atom stereocenters. The summed E-state index contributed by atoms with van der Waals surface area (Å²) < 4.78 is 17.0. The van der Waals surface area contributed by atoms with Crippen LogP contribution in [0.25, 0.3) is 0 Å². The molecule has 0 N–H and O–H groups in total. The van der Waals surface area contributed by atoms with E-state index < -0.39 is 0 Å². The number of carbonyl (C=O) groups is 1. The van der Waals surface area contributed by atoms with Crippen LogP contribution >= 0.6 is 0 Å². The maximum atomic E-state index is 14.4. The van der Waals surface area contributed by atoms with Gasteiger partial charge >= 0.3 is 0 Å². The molecule has 1 aliphatic carbocycles. The number of pyridine rings is 1. The predicted molar refractivity (Wildman–Crippen MR) is 166 cm³/mol. The van der Waals surface area contributed by atoms with Crippen molar-refractivity contribution in [2.75, 3.05) is 25.2 Å². The SMILES string of the molecule is COCCOc1ccc(CN(C(=O)C2CCCc3c(OCc4ccccc4)cccc32)c2ccc(C(C)C)cc2)cn1. The minimum absolute atomic E-state index is 0.0916. The van der Waals surface area contributed by atoms with Crippen molar-refractivity contribution in [3.05, 3.63) is 119 Å². The van der Waals surface area contributed by atoms with Gasteiger partial charge in [0.25, 0.3) is 0 Å². The van der Waals surface area contributed by atoms with E-state index >= 15 is 0 Å². The van der Waals surface area contributed by atoms with Crippen LogP contribution in [0.1, 0.15) is 66.3 Å². The second-order valence-corrected chi connectivity index (χ2v) is 11.1. The molecule has 1 heterocycles. The van der Waals surface area contributed by atoms with Crippen molar-refractivity contribution >= 4 is 11.6 Å². The summed E-state index contributed by atoms with van der Waals surface area (Å²) in [6, 6.07) is 28.5. The van der Waals surface area contributed by atoms with Crippen LogP contribution in [0.2, 0.25) is 0 Å². The molecule has 0 radical (unpaired) electrons. The fraction of sp³-hybridized carbons (Fsp3) is 0.333. The van der Waals surface area contributed by atoms with Gasteiger partial charge in [0.15, 0.2) is 0 Å². The fourth-order valence-corrected chi connectivity index (χ4v) is 5.47. The van der Waals surface area contributed by atoms with Crippen LogP contribution in [0, 0.1) is 0 Å². The number of carbonyl (C=O) groups excluding carboxylic acids is 1. The lowest BCUT2D eigenvalue weighted by Crippen LogP contribution is -2.36. The molecule has 5 rings (SSSR count). The molecule has 0 bridgehead atoms. The molecule has 0 saturated carbocycles. The highest BCUT2D eigenvalue weighted by Crippen LogP contribution is 2.39. The summed E-state index contributed by atoms with van der Waals surface area (Å²) in [5.74, 6) is 1.67. The Hall–Kier alpha value is -4.16. The molecular formula is C36H40N2O4. The molecule has 42 heavy (non-hydrogen) atoms. The quantitative estimate of drug-likeness (QED) is 0.167. The Morgan fingerprint density at radius 2 is 1.71 bits per heavy atom. The van der Waals surface area contributed by atoms with Crippen molar-refractivity contribution in [2.45, 2.75) is 58.1 Å². The Bertz CT molecular complexity index is 1440. The van der Waals surface area contributed by atoms with Gasteiger partial charge in [0, 0.05) is 25.1 Å². The molecule has 0 fully saturated rings. The minimum Gasteiger partial charge on any atom is -0.489 e. The second-order valence-electron chi connectivity index (χ2n) is 11.1. The number of nitrogens with zero attached hydrogens (tertiary/aromatic N) is 2. The summed E-state index contributed by atoms with van der Waals surface area (Å²) >= 11 is 0. The van der Waals surface area contributed by atoms with E-state index in [1.807, 2.05) is 47.4 Å². The van der Waals surface area contributed by atoms with Crippen molar-refractivity contribution in [1.29, 1.82) is 0 Å². The van der Waals surface area contributed by atoms with E-state index in [4.69, 9.17) is 14.2 Å². The van der Waals surface area contributed by atoms with Gasteiger partial charge in [-0.25, -0.2) is 4.98 Å². The number of methoxy groups -OCH3 is 1. The summed E-state index contributed by atoms with van der Waals surface area (Å²) in [6.07, 6.45) is 4.43. The molecule has 0 saturated heterocycles. The number of aromatic nitrogens is 1. The van der Waals surface area contributed by atoms with Crippen molar-refractivity contribution < 1.29 is 19.0 Å². The zero-order valence-corrected chi connectivity index (χ0v) is 24.8. The molecule has 1 aromatic heterocycles. The van der Waals surface area contributed by atoms with Crippen LogP contribution in [-0.4, -0.2) is 31.2 Å². The minimum atomic E-state index is -0.247. The standard InChI is InChI=1S/C36H40N2O4/c1-26(2)29-16-18-30(19-17-29)38(24-28-15-20-35(37-23-28)41-22-21-40-3)36(39)33-13-7-12-32-31(33)11-8-14-34(32)42-25-27-9-5-4-6-10-27/h4-6,8-11,14-20,23,26,33H,7,12-13,21-22,24-25H2,1-3H3. The summed E-state index contributed by atoms with van der Waals surface area (Å²) in [5.41, 5.74) is 6.40. The molecule has 6 nitrogen and oxygen atoms in total. The summed E-state index contributed by atoms with van der Waals surface area (Å²) in [6.45, 7) is 6.21. The highest BCUT2D eigenvalue weighted by Gasteiger charge is 2.32. The van der Waals surface area contributed by atoms with E-state index in [2.05, 4.69) is 61.3 Å². The van der Waals surface area contributed by atoms with Crippen molar-refractivity contribution in [2.24, 2.45) is 0 Å². The van der Waals surface area contributed by atoms with Gasteiger partial charge in [0.1, 0.15) is 19.0 Å². The lowest BCUT2D eigenvalue weighted by molar-refractivity contribution is -0.120.